The molecule has 3 rings (SSSR count). The molecule has 0 atom stereocenters. The molecule has 0 unspecified atom stereocenters. The first-order valence-corrected chi connectivity index (χ1v) is 10.4. The molecule has 2 aromatic rings. The highest BCUT2D eigenvalue weighted by molar-refractivity contribution is 6.35. The Balaban J connectivity index is 1.53. The fourth-order valence-electron chi connectivity index (χ4n) is 3.36. The van der Waals surface area contributed by atoms with Crippen LogP contribution in [-0.4, -0.2) is 11.8 Å². The van der Waals surface area contributed by atoms with Crippen molar-refractivity contribution in [2.45, 2.75) is 25.7 Å². The third-order valence-electron chi connectivity index (χ3n) is 4.73. The van der Waals surface area contributed by atoms with Crippen molar-refractivity contribution in [1.82, 2.24) is 0 Å². The van der Waals surface area contributed by atoms with Crippen molar-refractivity contribution >= 4 is 69.6 Å². The second-order valence-electron chi connectivity index (χ2n) is 6.84. The summed E-state index contributed by atoms with van der Waals surface area (Å²) in [6.07, 6.45) is 2.53. The lowest BCUT2D eigenvalue weighted by molar-refractivity contribution is -0.125. The number of hydrogen-bond acceptors (Lipinski definition) is 2. The van der Waals surface area contributed by atoms with Gasteiger partial charge in [-0.05, 0) is 62.1 Å². The summed E-state index contributed by atoms with van der Waals surface area (Å²) in [6.45, 7) is 0. The molecule has 0 saturated heterocycles. The van der Waals surface area contributed by atoms with Crippen molar-refractivity contribution in [3.8, 4) is 0 Å². The molecule has 148 valence electrons. The summed E-state index contributed by atoms with van der Waals surface area (Å²) in [4.78, 5) is 25.0. The molecule has 0 spiro atoms. The van der Waals surface area contributed by atoms with Crippen molar-refractivity contribution in [2.24, 2.45) is 11.8 Å². The molecule has 0 radical (unpaired) electrons. The summed E-state index contributed by atoms with van der Waals surface area (Å²) in [5, 5.41) is 7.55. The number of nitrogens with one attached hydrogen (secondary N) is 2. The van der Waals surface area contributed by atoms with Gasteiger partial charge in [0.2, 0.25) is 11.8 Å². The Hall–Kier alpha value is -1.46. The van der Waals surface area contributed by atoms with Gasteiger partial charge in [-0.2, -0.15) is 0 Å². The summed E-state index contributed by atoms with van der Waals surface area (Å²) >= 11 is 23.9. The average Bonchev–Trinajstić information content (AvgIpc) is 2.60. The molecule has 0 aliphatic heterocycles. The fourth-order valence-corrected chi connectivity index (χ4v) is 4.41. The quantitative estimate of drug-likeness (QED) is 0.535. The van der Waals surface area contributed by atoms with Gasteiger partial charge in [-0.3, -0.25) is 9.59 Å². The largest absolute Gasteiger partial charge is 0.326 e. The Kier molecular flexibility index (Phi) is 7.10. The summed E-state index contributed by atoms with van der Waals surface area (Å²) in [5.41, 5.74) is 1.14. The van der Waals surface area contributed by atoms with Gasteiger partial charge in [0.25, 0.3) is 0 Å². The minimum absolute atomic E-state index is 0.0844. The monoisotopic (exact) mass is 458 g/mol. The van der Waals surface area contributed by atoms with Gasteiger partial charge in [0.15, 0.2) is 0 Å². The number of anilines is 2. The van der Waals surface area contributed by atoms with Crippen LogP contribution >= 0.6 is 46.4 Å². The van der Waals surface area contributed by atoms with Gasteiger partial charge in [0.1, 0.15) is 0 Å². The predicted molar refractivity (Wildman–Crippen MR) is 116 cm³/mol. The second kappa shape index (κ2) is 9.36. The maximum absolute atomic E-state index is 12.5. The molecule has 1 saturated carbocycles. The van der Waals surface area contributed by atoms with Crippen molar-refractivity contribution in [3.05, 3.63) is 56.5 Å². The first-order chi connectivity index (χ1) is 13.3. The van der Waals surface area contributed by atoms with Gasteiger partial charge < -0.3 is 10.6 Å². The van der Waals surface area contributed by atoms with E-state index in [-0.39, 0.29) is 23.7 Å². The zero-order valence-electron chi connectivity index (χ0n) is 14.8. The molecule has 8 heteroatoms. The topological polar surface area (TPSA) is 58.2 Å². The minimum Gasteiger partial charge on any atom is -0.326 e. The predicted octanol–water partition coefficient (Wildman–Crippen LogP) is 6.68. The fraction of sp³-hybridized carbons (Fsp3) is 0.300. The maximum Gasteiger partial charge on any atom is 0.227 e. The maximum atomic E-state index is 12.5. The molecule has 2 aromatic carbocycles. The molecule has 1 aliphatic rings. The number of amides is 2. The Bertz CT molecular complexity index is 782. The van der Waals surface area contributed by atoms with Gasteiger partial charge in [0.05, 0.1) is 0 Å². The lowest BCUT2D eigenvalue weighted by Crippen LogP contribution is -2.32. The van der Waals surface area contributed by atoms with E-state index in [1.165, 1.54) is 0 Å². The molecule has 0 heterocycles. The highest BCUT2D eigenvalue weighted by Gasteiger charge is 2.30. The number of rotatable bonds is 4. The molecular weight excluding hydrogens is 442 g/mol. The van der Waals surface area contributed by atoms with E-state index in [1.54, 1.807) is 36.4 Å². The van der Waals surface area contributed by atoms with Crippen LogP contribution in [0.5, 0.6) is 0 Å². The minimum atomic E-state index is -0.151. The third kappa shape index (κ3) is 5.77. The van der Waals surface area contributed by atoms with Crippen molar-refractivity contribution in [1.29, 1.82) is 0 Å². The number of carbonyl (C=O) groups is 2. The lowest BCUT2D eigenvalue weighted by Gasteiger charge is -2.27. The van der Waals surface area contributed by atoms with Gasteiger partial charge in [-0.1, -0.05) is 46.4 Å². The number of halogens is 4. The van der Waals surface area contributed by atoms with Crippen LogP contribution in [0.2, 0.25) is 20.1 Å². The SMILES string of the molecule is O=C(Nc1cc(Cl)cc(Cl)c1)C1CCC(C(=O)Nc2cc(Cl)cc(Cl)c2)CC1. The molecule has 4 nitrogen and oxygen atoms in total. The smallest absolute Gasteiger partial charge is 0.227 e. The van der Waals surface area contributed by atoms with Gasteiger partial charge in [-0.15, -0.1) is 0 Å². The molecule has 2 N–H and O–H groups in total. The van der Waals surface area contributed by atoms with E-state index in [2.05, 4.69) is 10.6 Å². The van der Waals surface area contributed by atoms with Crippen LogP contribution in [0.3, 0.4) is 0 Å². The van der Waals surface area contributed by atoms with E-state index < -0.39 is 0 Å². The normalized spacial score (nSPS) is 19.1. The van der Waals surface area contributed by atoms with Crippen LogP contribution in [0.25, 0.3) is 0 Å². The van der Waals surface area contributed by atoms with Crippen molar-refractivity contribution in [2.75, 3.05) is 10.6 Å². The Morgan fingerprint density at radius 3 is 1.18 bits per heavy atom. The molecule has 0 aromatic heterocycles. The third-order valence-corrected chi connectivity index (χ3v) is 5.60. The highest BCUT2D eigenvalue weighted by atomic mass is 35.5. The Morgan fingerprint density at radius 2 is 0.893 bits per heavy atom. The van der Waals surface area contributed by atoms with Crippen LogP contribution in [0, 0.1) is 11.8 Å². The molecular formula is C20H18Cl4N2O2. The summed E-state index contributed by atoms with van der Waals surface area (Å²) in [7, 11) is 0. The summed E-state index contributed by atoms with van der Waals surface area (Å²) in [5.74, 6) is -0.470. The van der Waals surface area contributed by atoms with Crippen LogP contribution in [0.1, 0.15) is 25.7 Å². The zero-order valence-corrected chi connectivity index (χ0v) is 17.8. The summed E-state index contributed by atoms with van der Waals surface area (Å²) < 4.78 is 0. The standard InChI is InChI=1S/C20H18Cl4N2O2/c21-13-5-14(22)8-17(7-13)25-19(27)11-1-2-12(4-3-11)20(28)26-18-9-15(23)6-16(24)10-18/h5-12H,1-4H2,(H,25,27)(H,26,28). The van der Waals surface area contributed by atoms with Gasteiger partial charge >= 0.3 is 0 Å². The first-order valence-electron chi connectivity index (χ1n) is 8.84. The van der Waals surface area contributed by atoms with E-state index in [0.717, 1.165) is 0 Å². The highest BCUT2D eigenvalue weighted by Crippen LogP contribution is 2.32. The van der Waals surface area contributed by atoms with Crippen molar-refractivity contribution in [3.63, 3.8) is 0 Å². The second-order valence-corrected chi connectivity index (χ2v) is 8.59. The summed E-state index contributed by atoms with van der Waals surface area (Å²) in [6, 6.07) is 9.83. The van der Waals surface area contributed by atoms with E-state index in [9.17, 15) is 9.59 Å². The lowest BCUT2D eigenvalue weighted by atomic mass is 9.81. The first kappa shape index (κ1) is 21.3. The van der Waals surface area contributed by atoms with E-state index in [0.29, 0.717) is 57.1 Å². The zero-order chi connectivity index (χ0) is 20.3. The average molecular weight is 460 g/mol. The number of hydrogen-bond donors (Lipinski definition) is 2. The van der Waals surface area contributed by atoms with E-state index >= 15 is 0 Å². The molecule has 28 heavy (non-hydrogen) atoms. The molecule has 0 bridgehead atoms. The van der Waals surface area contributed by atoms with Crippen LogP contribution in [0.15, 0.2) is 36.4 Å². The van der Waals surface area contributed by atoms with Crippen LogP contribution < -0.4 is 10.6 Å². The van der Waals surface area contributed by atoms with Crippen LogP contribution in [0.4, 0.5) is 11.4 Å². The van der Waals surface area contributed by atoms with Crippen molar-refractivity contribution < 1.29 is 9.59 Å². The Labute approximate surface area is 183 Å². The van der Waals surface area contributed by atoms with Gasteiger partial charge in [0, 0.05) is 43.3 Å². The Morgan fingerprint density at radius 1 is 0.607 bits per heavy atom. The van der Waals surface area contributed by atoms with Gasteiger partial charge in [-0.25, -0.2) is 0 Å². The molecule has 1 aliphatic carbocycles. The number of benzene rings is 2. The molecule has 1 fully saturated rings. The number of carbonyl (C=O) groups excluding carboxylic acids is 2. The van der Waals surface area contributed by atoms with E-state index in [4.69, 9.17) is 46.4 Å². The van der Waals surface area contributed by atoms with E-state index in [1.807, 2.05) is 0 Å². The van der Waals surface area contributed by atoms with Crippen LogP contribution in [-0.2, 0) is 9.59 Å². The molecule has 2 amide bonds.